The van der Waals surface area contributed by atoms with Crippen molar-refractivity contribution in [1.29, 1.82) is 0 Å². The number of hydrogen-bond donors (Lipinski definition) is 0. The van der Waals surface area contributed by atoms with Crippen molar-refractivity contribution < 1.29 is 9.53 Å². The molecule has 0 unspecified atom stereocenters. The second kappa shape index (κ2) is 7.44. The zero-order chi connectivity index (χ0) is 19.8. The fraction of sp³-hybridized carbons (Fsp3) is 0.304. The van der Waals surface area contributed by atoms with Crippen LogP contribution in [0.4, 0.5) is 0 Å². The molecule has 5 heteroatoms. The SMILES string of the molecule is Cc1nn(C(C)C)c2ccc(COc3ccc4c(c3)CCC(C=O)=C4Cl)cc12. The summed E-state index contributed by atoms with van der Waals surface area (Å²) in [5, 5.41) is 6.38. The number of benzene rings is 2. The summed E-state index contributed by atoms with van der Waals surface area (Å²) in [7, 11) is 0. The highest BCUT2D eigenvalue weighted by Gasteiger charge is 2.18. The van der Waals surface area contributed by atoms with E-state index in [0.29, 0.717) is 29.7 Å². The quantitative estimate of drug-likeness (QED) is 0.529. The molecule has 0 fully saturated rings. The first-order valence-corrected chi connectivity index (χ1v) is 9.93. The highest BCUT2D eigenvalue weighted by Crippen LogP contribution is 2.35. The van der Waals surface area contributed by atoms with Gasteiger partial charge >= 0.3 is 0 Å². The standard InChI is InChI=1S/C23H23ClN2O2/c1-14(2)26-22-9-4-16(10-21(22)15(3)25-26)13-28-19-7-8-20-17(11-19)5-6-18(12-27)23(20)24/h4,7-12,14H,5-6,13H2,1-3H3. The summed E-state index contributed by atoms with van der Waals surface area (Å²) in [6, 6.07) is 12.6. The fourth-order valence-electron chi connectivity index (χ4n) is 3.74. The zero-order valence-corrected chi connectivity index (χ0v) is 17.1. The largest absolute Gasteiger partial charge is 0.489 e. The minimum Gasteiger partial charge on any atom is -0.489 e. The number of carbonyl (C=O) groups excluding carboxylic acids is 1. The second-order valence-corrected chi connectivity index (χ2v) is 7.92. The molecule has 4 nitrogen and oxygen atoms in total. The number of hydrogen-bond acceptors (Lipinski definition) is 3. The van der Waals surface area contributed by atoms with E-state index in [2.05, 4.69) is 41.8 Å². The summed E-state index contributed by atoms with van der Waals surface area (Å²) in [6.45, 7) is 6.81. The van der Waals surface area contributed by atoms with Crippen molar-refractivity contribution in [1.82, 2.24) is 9.78 Å². The van der Waals surface area contributed by atoms with Crippen LogP contribution in [0.1, 0.15) is 48.7 Å². The molecule has 4 rings (SSSR count). The van der Waals surface area contributed by atoms with Gasteiger partial charge in [0, 0.05) is 17.0 Å². The molecule has 0 atom stereocenters. The highest BCUT2D eigenvalue weighted by molar-refractivity contribution is 6.50. The lowest BCUT2D eigenvalue weighted by Gasteiger charge is -2.18. The Bertz CT molecular complexity index is 1100. The predicted octanol–water partition coefficient (Wildman–Crippen LogP) is 5.60. The molecule has 0 bridgehead atoms. The molecule has 0 N–H and O–H groups in total. The summed E-state index contributed by atoms with van der Waals surface area (Å²) in [4.78, 5) is 11.1. The van der Waals surface area contributed by atoms with Gasteiger partial charge in [0.05, 0.1) is 16.2 Å². The van der Waals surface area contributed by atoms with E-state index in [0.717, 1.165) is 46.4 Å². The number of rotatable bonds is 5. The van der Waals surface area contributed by atoms with Crippen LogP contribution in [0.15, 0.2) is 42.0 Å². The molecule has 1 aliphatic rings. The van der Waals surface area contributed by atoms with E-state index < -0.39 is 0 Å². The minimum absolute atomic E-state index is 0.328. The second-order valence-electron chi connectivity index (χ2n) is 7.54. The molecule has 0 saturated heterocycles. The van der Waals surface area contributed by atoms with E-state index in [1.54, 1.807) is 0 Å². The van der Waals surface area contributed by atoms with E-state index >= 15 is 0 Å². The van der Waals surface area contributed by atoms with Gasteiger partial charge in [-0.15, -0.1) is 0 Å². The number of allylic oxidation sites excluding steroid dienone is 1. The maximum Gasteiger partial charge on any atom is 0.147 e. The van der Waals surface area contributed by atoms with Gasteiger partial charge in [0.25, 0.3) is 0 Å². The summed E-state index contributed by atoms with van der Waals surface area (Å²) < 4.78 is 8.09. The molecule has 0 spiro atoms. The third-order valence-corrected chi connectivity index (χ3v) is 5.70. The van der Waals surface area contributed by atoms with Crippen molar-refractivity contribution in [2.24, 2.45) is 0 Å². The molecule has 0 saturated carbocycles. The summed E-state index contributed by atoms with van der Waals surface area (Å²) >= 11 is 6.33. The summed E-state index contributed by atoms with van der Waals surface area (Å²) in [6.07, 6.45) is 2.33. The monoisotopic (exact) mass is 394 g/mol. The Balaban J connectivity index is 1.55. The summed E-state index contributed by atoms with van der Waals surface area (Å²) in [5.41, 5.74) is 6.02. The fourth-order valence-corrected chi connectivity index (χ4v) is 4.06. The van der Waals surface area contributed by atoms with E-state index in [4.69, 9.17) is 16.3 Å². The Morgan fingerprint density at radius 3 is 2.79 bits per heavy atom. The lowest BCUT2D eigenvalue weighted by molar-refractivity contribution is -0.105. The molecule has 1 aliphatic carbocycles. The van der Waals surface area contributed by atoms with Crippen molar-refractivity contribution in [2.45, 2.75) is 46.3 Å². The first kappa shape index (κ1) is 18.8. The maximum absolute atomic E-state index is 11.1. The van der Waals surface area contributed by atoms with Gasteiger partial charge < -0.3 is 4.74 Å². The average molecular weight is 395 g/mol. The first-order valence-electron chi connectivity index (χ1n) is 9.55. The van der Waals surface area contributed by atoms with Gasteiger partial charge in [-0.3, -0.25) is 9.48 Å². The van der Waals surface area contributed by atoms with Gasteiger partial charge in [0.15, 0.2) is 0 Å². The van der Waals surface area contributed by atoms with Gasteiger partial charge in [-0.2, -0.15) is 5.10 Å². The van der Waals surface area contributed by atoms with E-state index in [1.807, 2.05) is 25.1 Å². The highest BCUT2D eigenvalue weighted by atomic mass is 35.5. The predicted molar refractivity (Wildman–Crippen MR) is 113 cm³/mol. The molecular weight excluding hydrogens is 372 g/mol. The molecule has 3 aromatic rings. The molecule has 1 heterocycles. The van der Waals surface area contributed by atoms with Crippen LogP contribution in [0.25, 0.3) is 15.9 Å². The van der Waals surface area contributed by atoms with Crippen LogP contribution in [-0.4, -0.2) is 16.1 Å². The van der Waals surface area contributed by atoms with Crippen molar-refractivity contribution in [3.8, 4) is 5.75 Å². The third-order valence-electron chi connectivity index (χ3n) is 5.25. The van der Waals surface area contributed by atoms with Gasteiger partial charge in [-0.25, -0.2) is 0 Å². The van der Waals surface area contributed by atoms with Crippen molar-refractivity contribution >= 4 is 33.8 Å². The average Bonchev–Trinajstić information content (AvgIpc) is 3.03. The molecule has 2 aromatic carbocycles. The van der Waals surface area contributed by atoms with Crippen LogP contribution >= 0.6 is 11.6 Å². The number of aldehydes is 1. The Morgan fingerprint density at radius 1 is 1.21 bits per heavy atom. The van der Waals surface area contributed by atoms with E-state index in [1.165, 1.54) is 5.39 Å². The van der Waals surface area contributed by atoms with Crippen LogP contribution in [0.3, 0.4) is 0 Å². The lowest BCUT2D eigenvalue weighted by atomic mass is 9.92. The van der Waals surface area contributed by atoms with Crippen LogP contribution in [0, 0.1) is 6.92 Å². The van der Waals surface area contributed by atoms with Crippen molar-refractivity contribution in [3.05, 3.63) is 64.4 Å². The molecule has 28 heavy (non-hydrogen) atoms. The number of fused-ring (bicyclic) bond motifs is 2. The number of halogens is 1. The number of aromatic nitrogens is 2. The Kier molecular flexibility index (Phi) is 4.98. The molecule has 0 radical (unpaired) electrons. The Morgan fingerprint density at radius 2 is 2.04 bits per heavy atom. The zero-order valence-electron chi connectivity index (χ0n) is 16.3. The Hall–Kier alpha value is -2.59. The maximum atomic E-state index is 11.1. The van der Waals surface area contributed by atoms with Crippen LogP contribution < -0.4 is 4.74 Å². The number of aryl methyl sites for hydroxylation is 2. The molecular formula is C23H23ClN2O2. The summed E-state index contributed by atoms with van der Waals surface area (Å²) in [5.74, 6) is 0.812. The first-order chi connectivity index (χ1) is 13.5. The van der Waals surface area contributed by atoms with Gasteiger partial charge in [-0.05, 0) is 80.6 Å². The van der Waals surface area contributed by atoms with Gasteiger partial charge in [0.2, 0.25) is 0 Å². The normalized spacial score (nSPS) is 13.9. The van der Waals surface area contributed by atoms with Crippen LogP contribution in [-0.2, 0) is 17.8 Å². The number of ether oxygens (including phenoxy) is 1. The molecule has 0 amide bonds. The smallest absolute Gasteiger partial charge is 0.147 e. The molecule has 1 aromatic heterocycles. The van der Waals surface area contributed by atoms with Crippen LogP contribution in [0.5, 0.6) is 5.75 Å². The van der Waals surface area contributed by atoms with Gasteiger partial charge in [0.1, 0.15) is 18.6 Å². The van der Waals surface area contributed by atoms with E-state index in [-0.39, 0.29) is 0 Å². The Labute approximate surface area is 169 Å². The molecule has 144 valence electrons. The number of carbonyl (C=O) groups is 1. The topological polar surface area (TPSA) is 44.1 Å². The van der Waals surface area contributed by atoms with Crippen molar-refractivity contribution in [2.75, 3.05) is 0 Å². The third kappa shape index (κ3) is 3.33. The molecule has 0 aliphatic heterocycles. The lowest BCUT2D eigenvalue weighted by Crippen LogP contribution is -2.04. The van der Waals surface area contributed by atoms with Crippen molar-refractivity contribution in [3.63, 3.8) is 0 Å². The van der Waals surface area contributed by atoms with Crippen LogP contribution in [0.2, 0.25) is 0 Å². The number of nitrogens with zero attached hydrogens (tertiary/aromatic N) is 2. The van der Waals surface area contributed by atoms with E-state index in [9.17, 15) is 4.79 Å². The van der Waals surface area contributed by atoms with Gasteiger partial charge in [-0.1, -0.05) is 17.7 Å². The minimum atomic E-state index is 0.328.